The molecule has 0 radical (unpaired) electrons. The van der Waals surface area contributed by atoms with Crippen molar-refractivity contribution in [1.82, 2.24) is 0 Å². The largest absolute Gasteiger partial charge is 0.481 e. The van der Waals surface area contributed by atoms with Gasteiger partial charge in [0.05, 0.1) is 6.42 Å². The van der Waals surface area contributed by atoms with E-state index in [0.29, 0.717) is 17.8 Å². The molecule has 24 heavy (non-hydrogen) atoms. The SMILES string of the molecule is C=C1CC[C@H]2C(C)(C)CCC[C@]2(C)[C@H]1C/C=C(/CC(=O)O)C(=O)O. The molecule has 0 aromatic heterocycles. The maximum atomic E-state index is 11.3. The topological polar surface area (TPSA) is 74.6 Å². The van der Waals surface area contributed by atoms with E-state index in [0.717, 1.165) is 19.3 Å². The molecule has 0 aliphatic heterocycles. The Labute approximate surface area is 144 Å². The van der Waals surface area contributed by atoms with Crippen LogP contribution in [0.1, 0.15) is 65.7 Å². The summed E-state index contributed by atoms with van der Waals surface area (Å²) in [5.74, 6) is -1.40. The predicted octanol–water partition coefficient (Wildman–Crippen LogP) is 4.66. The molecule has 2 saturated carbocycles. The van der Waals surface area contributed by atoms with E-state index in [1.165, 1.54) is 18.4 Å². The van der Waals surface area contributed by atoms with Gasteiger partial charge in [-0.25, -0.2) is 4.79 Å². The standard InChI is InChI=1S/C20H30O4/c1-13-6-9-16-19(2,3)10-5-11-20(16,4)15(13)8-7-14(18(23)24)12-17(21)22/h7,15-16H,1,5-6,8-12H2,2-4H3,(H,21,22)(H,23,24)/b14-7-/t15-,16-,20+/m0/s1. The molecule has 0 heterocycles. The van der Waals surface area contributed by atoms with Crippen LogP contribution in [0.4, 0.5) is 0 Å². The minimum atomic E-state index is -1.13. The van der Waals surface area contributed by atoms with Crippen LogP contribution in [0.5, 0.6) is 0 Å². The quantitative estimate of drug-likeness (QED) is 0.566. The molecule has 2 rings (SSSR count). The van der Waals surface area contributed by atoms with Crippen LogP contribution in [0.2, 0.25) is 0 Å². The Morgan fingerprint density at radius 1 is 1.25 bits per heavy atom. The minimum Gasteiger partial charge on any atom is -0.481 e. The van der Waals surface area contributed by atoms with Crippen LogP contribution >= 0.6 is 0 Å². The van der Waals surface area contributed by atoms with Crippen LogP contribution in [0.15, 0.2) is 23.8 Å². The summed E-state index contributed by atoms with van der Waals surface area (Å²) >= 11 is 0. The molecule has 2 aliphatic carbocycles. The van der Waals surface area contributed by atoms with E-state index < -0.39 is 18.4 Å². The van der Waals surface area contributed by atoms with Gasteiger partial charge in [0.15, 0.2) is 0 Å². The first-order chi connectivity index (χ1) is 11.1. The number of carboxylic acids is 2. The Hall–Kier alpha value is -1.58. The predicted molar refractivity (Wildman–Crippen MR) is 93.7 cm³/mol. The van der Waals surface area contributed by atoms with Crippen molar-refractivity contribution in [2.45, 2.75) is 65.7 Å². The lowest BCUT2D eigenvalue weighted by atomic mass is 9.47. The smallest absolute Gasteiger partial charge is 0.331 e. The van der Waals surface area contributed by atoms with Gasteiger partial charge in [0.2, 0.25) is 0 Å². The average molecular weight is 334 g/mol. The minimum absolute atomic E-state index is 0.0175. The highest BCUT2D eigenvalue weighted by atomic mass is 16.4. The molecule has 0 saturated heterocycles. The third-order valence-corrected chi connectivity index (χ3v) is 6.54. The van der Waals surface area contributed by atoms with E-state index in [9.17, 15) is 14.7 Å². The summed E-state index contributed by atoms with van der Waals surface area (Å²) in [6, 6.07) is 0. The molecule has 0 amide bonds. The van der Waals surface area contributed by atoms with Crippen molar-refractivity contribution < 1.29 is 19.8 Å². The molecule has 4 nitrogen and oxygen atoms in total. The fourth-order valence-electron chi connectivity index (χ4n) is 5.37. The van der Waals surface area contributed by atoms with Gasteiger partial charge in [0.25, 0.3) is 0 Å². The summed E-state index contributed by atoms with van der Waals surface area (Å²) in [4.78, 5) is 22.2. The Balaban J connectivity index is 2.28. The van der Waals surface area contributed by atoms with E-state index in [4.69, 9.17) is 5.11 Å². The lowest BCUT2D eigenvalue weighted by Crippen LogP contribution is -2.49. The number of fused-ring (bicyclic) bond motifs is 1. The lowest BCUT2D eigenvalue weighted by molar-refractivity contribution is -0.139. The monoisotopic (exact) mass is 334 g/mol. The maximum Gasteiger partial charge on any atom is 0.331 e. The van der Waals surface area contributed by atoms with Crippen LogP contribution in [0, 0.1) is 22.7 Å². The van der Waals surface area contributed by atoms with Gasteiger partial charge < -0.3 is 10.2 Å². The van der Waals surface area contributed by atoms with E-state index in [-0.39, 0.29) is 16.9 Å². The maximum absolute atomic E-state index is 11.3. The summed E-state index contributed by atoms with van der Waals surface area (Å²) < 4.78 is 0. The first-order valence-electron chi connectivity index (χ1n) is 8.89. The Morgan fingerprint density at radius 2 is 1.92 bits per heavy atom. The van der Waals surface area contributed by atoms with Gasteiger partial charge in [-0.15, -0.1) is 0 Å². The van der Waals surface area contributed by atoms with Crippen molar-refractivity contribution in [2.24, 2.45) is 22.7 Å². The van der Waals surface area contributed by atoms with E-state index in [1.807, 2.05) is 0 Å². The molecule has 2 N–H and O–H groups in total. The molecule has 0 aromatic carbocycles. The van der Waals surface area contributed by atoms with Crippen molar-refractivity contribution in [1.29, 1.82) is 0 Å². The summed E-state index contributed by atoms with van der Waals surface area (Å²) in [7, 11) is 0. The number of allylic oxidation sites excluding steroid dienone is 2. The van der Waals surface area contributed by atoms with Crippen LogP contribution in [0.25, 0.3) is 0 Å². The van der Waals surface area contributed by atoms with Crippen molar-refractivity contribution in [3.8, 4) is 0 Å². The van der Waals surface area contributed by atoms with Gasteiger partial charge in [0.1, 0.15) is 0 Å². The summed E-state index contributed by atoms with van der Waals surface area (Å²) in [5, 5.41) is 18.1. The Kier molecular flexibility index (Phi) is 5.26. The van der Waals surface area contributed by atoms with Crippen LogP contribution < -0.4 is 0 Å². The second-order valence-corrected chi connectivity index (χ2v) is 8.49. The van der Waals surface area contributed by atoms with Gasteiger partial charge in [0, 0.05) is 5.57 Å². The molecule has 0 bridgehead atoms. The number of carboxylic acid groups (broad SMARTS) is 2. The molecule has 3 atom stereocenters. The number of carbonyl (C=O) groups is 2. The Morgan fingerprint density at radius 3 is 2.50 bits per heavy atom. The average Bonchev–Trinajstić information content (AvgIpc) is 2.43. The normalized spacial score (nSPS) is 33.0. The van der Waals surface area contributed by atoms with Crippen molar-refractivity contribution in [2.75, 3.05) is 0 Å². The third-order valence-electron chi connectivity index (χ3n) is 6.54. The second kappa shape index (κ2) is 6.73. The first kappa shape index (κ1) is 18.8. The zero-order chi connectivity index (χ0) is 18.1. The van der Waals surface area contributed by atoms with Gasteiger partial charge in [-0.1, -0.05) is 45.4 Å². The molecule has 0 unspecified atom stereocenters. The van der Waals surface area contributed by atoms with Crippen molar-refractivity contribution >= 4 is 11.9 Å². The molecular formula is C20H30O4. The highest BCUT2D eigenvalue weighted by Gasteiger charge is 2.52. The van der Waals surface area contributed by atoms with E-state index in [2.05, 4.69) is 27.4 Å². The lowest BCUT2D eigenvalue weighted by Gasteiger charge is -2.58. The fraction of sp³-hybridized carbons (Fsp3) is 0.700. The Bertz CT molecular complexity index is 572. The number of aliphatic carboxylic acids is 2. The molecular weight excluding hydrogens is 304 g/mol. The highest BCUT2D eigenvalue weighted by Crippen LogP contribution is 2.61. The van der Waals surface area contributed by atoms with Crippen LogP contribution in [-0.2, 0) is 9.59 Å². The van der Waals surface area contributed by atoms with E-state index in [1.54, 1.807) is 6.08 Å². The number of rotatable bonds is 5. The van der Waals surface area contributed by atoms with Gasteiger partial charge in [-0.2, -0.15) is 0 Å². The van der Waals surface area contributed by atoms with Crippen molar-refractivity contribution in [3.63, 3.8) is 0 Å². The van der Waals surface area contributed by atoms with Gasteiger partial charge in [-0.05, 0) is 54.8 Å². The number of hydrogen-bond acceptors (Lipinski definition) is 2. The zero-order valence-corrected chi connectivity index (χ0v) is 15.1. The number of hydrogen-bond donors (Lipinski definition) is 2. The molecule has 0 spiro atoms. The second-order valence-electron chi connectivity index (χ2n) is 8.49. The summed E-state index contributed by atoms with van der Waals surface area (Å²) in [6.45, 7) is 11.3. The summed E-state index contributed by atoms with van der Waals surface area (Å²) in [5.41, 5.74) is 1.60. The highest BCUT2D eigenvalue weighted by molar-refractivity contribution is 5.92. The zero-order valence-electron chi connectivity index (χ0n) is 15.1. The first-order valence-corrected chi connectivity index (χ1v) is 8.89. The molecule has 134 valence electrons. The van der Waals surface area contributed by atoms with Crippen molar-refractivity contribution in [3.05, 3.63) is 23.8 Å². The van der Waals surface area contributed by atoms with E-state index >= 15 is 0 Å². The van der Waals surface area contributed by atoms with Crippen LogP contribution in [-0.4, -0.2) is 22.2 Å². The summed E-state index contributed by atoms with van der Waals surface area (Å²) in [6.07, 6.45) is 7.49. The molecule has 4 heteroatoms. The van der Waals surface area contributed by atoms with Crippen LogP contribution in [0.3, 0.4) is 0 Å². The molecule has 2 fully saturated rings. The molecule has 2 aliphatic rings. The van der Waals surface area contributed by atoms with Gasteiger partial charge >= 0.3 is 11.9 Å². The fourth-order valence-corrected chi connectivity index (χ4v) is 5.37. The molecule has 0 aromatic rings. The van der Waals surface area contributed by atoms with Gasteiger partial charge in [-0.3, -0.25) is 4.79 Å². The third kappa shape index (κ3) is 3.57.